The van der Waals surface area contributed by atoms with Crippen molar-refractivity contribution in [1.29, 1.82) is 0 Å². The Kier molecular flexibility index (Phi) is 7.39. The number of aryl methyl sites for hydroxylation is 1. The first-order chi connectivity index (χ1) is 14.7. The maximum atomic E-state index is 12.1. The van der Waals surface area contributed by atoms with Crippen LogP contribution in [0.3, 0.4) is 0 Å². The summed E-state index contributed by atoms with van der Waals surface area (Å²) < 4.78 is 40.9. The molecule has 11 heteroatoms. The number of hydrogen-bond donors (Lipinski definition) is 0. The van der Waals surface area contributed by atoms with Crippen LogP contribution in [-0.4, -0.2) is 71.9 Å². The zero-order valence-electron chi connectivity index (χ0n) is 17.1. The monoisotopic (exact) mass is 439 g/mol. The number of ether oxygens (including phenoxy) is 1. The maximum absolute atomic E-state index is 12.1. The highest BCUT2D eigenvalue weighted by Gasteiger charge is 2.27. The molecule has 1 saturated heterocycles. The van der Waals surface area contributed by atoms with Crippen LogP contribution in [0.5, 0.6) is 0 Å². The van der Waals surface area contributed by atoms with Gasteiger partial charge in [-0.1, -0.05) is 0 Å². The highest BCUT2D eigenvalue weighted by atomic mass is 19.4. The minimum atomic E-state index is -4.28. The highest BCUT2D eigenvalue weighted by molar-refractivity contribution is 5.60. The maximum Gasteiger partial charge on any atom is 0.411 e. The van der Waals surface area contributed by atoms with E-state index in [1.54, 1.807) is 12.1 Å². The van der Waals surface area contributed by atoms with Crippen LogP contribution in [0.2, 0.25) is 0 Å². The molecule has 1 fully saturated rings. The van der Waals surface area contributed by atoms with Gasteiger partial charge in [0.1, 0.15) is 12.4 Å². The van der Waals surface area contributed by atoms with Gasteiger partial charge in [-0.05, 0) is 25.5 Å². The summed E-state index contributed by atoms with van der Waals surface area (Å²) in [4.78, 5) is 23.8. The van der Waals surface area contributed by atoms with Crippen LogP contribution in [0.25, 0.3) is 11.4 Å². The zero-order valence-corrected chi connectivity index (χ0v) is 17.1. The van der Waals surface area contributed by atoms with E-state index in [1.807, 2.05) is 13.0 Å². The lowest BCUT2D eigenvalue weighted by atomic mass is 10.2. The molecule has 0 unspecified atom stereocenters. The van der Waals surface area contributed by atoms with Gasteiger partial charge in [-0.3, -0.25) is 15.0 Å². The highest BCUT2D eigenvalue weighted by Crippen LogP contribution is 2.23. The second kappa shape index (κ2) is 10.0. The molecule has 0 bridgehead atoms. The van der Waals surface area contributed by atoms with E-state index in [0.717, 1.165) is 37.7 Å². The number of rotatable bonds is 8. The van der Waals surface area contributed by atoms with Crippen LogP contribution in [0.1, 0.15) is 12.1 Å². The lowest BCUT2D eigenvalue weighted by Gasteiger charge is -2.35. The van der Waals surface area contributed by atoms with E-state index in [-0.39, 0.29) is 12.3 Å². The smallest absolute Gasteiger partial charge is 0.372 e. The topological polar surface area (TPSA) is 84.6 Å². The average molecular weight is 439 g/mol. The summed E-state index contributed by atoms with van der Waals surface area (Å²) in [6.45, 7) is 4.46. The summed E-state index contributed by atoms with van der Waals surface area (Å²) >= 11 is 0. The fourth-order valence-electron chi connectivity index (χ4n) is 3.35. The second-order valence-corrected chi connectivity index (χ2v) is 7.35. The molecular formula is C20H24F3N5O3. The zero-order chi connectivity index (χ0) is 22.4. The summed E-state index contributed by atoms with van der Waals surface area (Å²) in [5, 5.41) is 10.8. The number of piperazine rings is 1. The van der Waals surface area contributed by atoms with Crippen molar-refractivity contribution in [2.75, 3.05) is 50.8 Å². The van der Waals surface area contributed by atoms with Crippen molar-refractivity contribution < 1.29 is 22.8 Å². The van der Waals surface area contributed by atoms with Gasteiger partial charge in [0, 0.05) is 68.8 Å². The normalized spacial score (nSPS) is 15.3. The summed E-state index contributed by atoms with van der Waals surface area (Å²) in [5.41, 5.74) is 1.51. The van der Waals surface area contributed by atoms with Crippen LogP contribution < -0.4 is 4.90 Å². The number of alkyl halides is 3. The molecule has 0 radical (unpaired) electrons. The first kappa shape index (κ1) is 22.9. The number of nitro groups is 1. The standard InChI is InChI=1S/C20H24F3N5O3/c1-15-13-18(25-19(24-15)16-3-5-17(6-4-16)28(29)30)27-10-8-26(9-11-27)7-2-12-31-14-20(21,22)23/h3-6,13H,2,7-12,14H2,1H3. The van der Waals surface area contributed by atoms with Crippen molar-refractivity contribution in [2.24, 2.45) is 0 Å². The Morgan fingerprint density at radius 2 is 1.81 bits per heavy atom. The molecule has 168 valence electrons. The molecule has 31 heavy (non-hydrogen) atoms. The minimum Gasteiger partial charge on any atom is -0.372 e. The summed E-state index contributed by atoms with van der Waals surface area (Å²) in [7, 11) is 0. The third kappa shape index (κ3) is 6.86. The molecule has 1 aliphatic heterocycles. The molecule has 0 spiro atoms. The third-order valence-electron chi connectivity index (χ3n) is 4.90. The number of benzene rings is 1. The van der Waals surface area contributed by atoms with Crippen molar-refractivity contribution in [3.63, 3.8) is 0 Å². The number of hydrogen-bond acceptors (Lipinski definition) is 7. The largest absolute Gasteiger partial charge is 0.411 e. The number of halogens is 3. The summed E-state index contributed by atoms with van der Waals surface area (Å²) in [6, 6.07) is 8.02. The van der Waals surface area contributed by atoms with Crippen molar-refractivity contribution in [1.82, 2.24) is 14.9 Å². The van der Waals surface area contributed by atoms with Gasteiger partial charge in [-0.2, -0.15) is 13.2 Å². The molecular weight excluding hydrogens is 415 g/mol. The number of nitrogens with zero attached hydrogens (tertiary/aromatic N) is 5. The van der Waals surface area contributed by atoms with Crippen molar-refractivity contribution in [2.45, 2.75) is 19.5 Å². The van der Waals surface area contributed by atoms with Gasteiger partial charge in [0.05, 0.1) is 4.92 Å². The Bertz CT molecular complexity index is 885. The molecule has 3 rings (SSSR count). The molecule has 0 atom stereocenters. The molecule has 0 N–H and O–H groups in total. The van der Waals surface area contributed by atoms with E-state index in [4.69, 9.17) is 0 Å². The molecule has 8 nitrogen and oxygen atoms in total. The van der Waals surface area contributed by atoms with Crippen molar-refractivity contribution >= 4 is 11.5 Å². The predicted octanol–water partition coefficient (Wildman–Crippen LogP) is 3.45. The van der Waals surface area contributed by atoms with E-state index < -0.39 is 17.7 Å². The Balaban J connectivity index is 1.54. The van der Waals surface area contributed by atoms with E-state index in [2.05, 4.69) is 24.5 Å². The predicted molar refractivity (Wildman–Crippen MR) is 109 cm³/mol. The van der Waals surface area contributed by atoms with Gasteiger partial charge in [-0.25, -0.2) is 9.97 Å². The van der Waals surface area contributed by atoms with Gasteiger partial charge >= 0.3 is 6.18 Å². The van der Waals surface area contributed by atoms with Crippen LogP contribution in [-0.2, 0) is 4.74 Å². The molecule has 1 aromatic carbocycles. The first-order valence-electron chi connectivity index (χ1n) is 9.93. The van der Waals surface area contributed by atoms with Gasteiger partial charge in [-0.15, -0.1) is 0 Å². The van der Waals surface area contributed by atoms with Gasteiger partial charge in [0.2, 0.25) is 0 Å². The summed E-state index contributed by atoms with van der Waals surface area (Å²) in [5.74, 6) is 1.29. The van der Waals surface area contributed by atoms with Crippen LogP contribution >= 0.6 is 0 Å². The van der Waals surface area contributed by atoms with E-state index >= 15 is 0 Å². The number of nitro benzene ring substituents is 1. The number of aromatic nitrogens is 2. The van der Waals surface area contributed by atoms with Crippen molar-refractivity contribution in [3.8, 4) is 11.4 Å². The number of anilines is 1. The first-order valence-corrected chi connectivity index (χ1v) is 9.93. The van der Waals surface area contributed by atoms with Gasteiger partial charge < -0.3 is 9.64 Å². The fourth-order valence-corrected chi connectivity index (χ4v) is 3.35. The average Bonchev–Trinajstić information content (AvgIpc) is 2.73. The van der Waals surface area contributed by atoms with Gasteiger partial charge in [0.25, 0.3) is 5.69 Å². The van der Waals surface area contributed by atoms with E-state index in [1.165, 1.54) is 12.1 Å². The Morgan fingerprint density at radius 3 is 2.42 bits per heavy atom. The van der Waals surface area contributed by atoms with Crippen LogP contribution in [0.4, 0.5) is 24.7 Å². The number of non-ortho nitro benzene ring substituents is 1. The molecule has 2 aromatic rings. The molecule has 1 aromatic heterocycles. The quantitative estimate of drug-likeness (QED) is 0.354. The lowest BCUT2D eigenvalue weighted by Crippen LogP contribution is -2.47. The molecule has 2 heterocycles. The fraction of sp³-hybridized carbons (Fsp3) is 0.500. The SMILES string of the molecule is Cc1cc(N2CCN(CCCOCC(F)(F)F)CC2)nc(-c2ccc([N+](=O)[O-])cc2)n1. The molecule has 0 aliphatic carbocycles. The molecule has 1 aliphatic rings. The van der Waals surface area contributed by atoms with Crippen molar-refractivity contribution in [3.05, 3.63) is 46.1 Å². The van der Waals surface area contributed by atoms with Crippen LogP contribution in [0, 0.1) is 17.0 Å². The molecule has 0 saturated carbocycles. The minimum absolute atomic E-state index is 0.0107. The van der Waals surface area contributed by atoms with E-state index in [0.29, 0.717) is 24.4 Å². The Labute approximate surface area is 177 Å². The molecule has 0 amide bonds. The van der Waals surface area contributed by atoms with Crippen LogP contribution in [0.15, 0.2) is 30.3 Å². The lowest BCUT2D eigenvalue weighted by molar-refractivity contribution is -0.384. The Morgan fingerprint density at radius 1 is 1.13 bits per heavy atom. The van der Waals surface area contributed by atoms with E-state index in [9.17, 15) is 23.3 Å². The van der Waals surface area contributed by atoms with Gasteiger partial charge in [0.15, 0.2) is 5.82 Å². The second-order valence-electron chi connectivity index (χ2n) is 7.35. The Hall–Kier alpha value is -2.79. The summed E-state index contributed by atoms with van der Waals surface area (Å²) in [6.07, 6.45) is -3.73. The third-order valence-corrected chi connectivity index (χ3v) is 4.90.